The smallest absolute Gasteiger partial charge is 0.240 e. The van der Waals surface area contributed by atoms with Crippen LogP contribution in [-0.4, -0.2) is 35.9 Å². The number of nitrogens with zero attached hydrogens (tertiary/aromatic N) is 1. The van der Waals surface area contributed by atoms with Crippen LogP contribution in [0.2, 0.25) is 0 Å². The molecule has 0 bridgehead atoms. The largest absolute Gasteiger partial charge is 0.343 e. The van der Waals surface area contributed by atoms with Crippen molar-refractivity contribution in [3.05, 3.63) is 0 Å². The molecule has 1 unspecified atom stereocenters. The van der Waals surface area contributed by atoms with Crippen LogP contribution < -0.4 is 5.48 Å². The number of nitriles is 1. The van der Waals surface area contributed by atoms with Gasteiger partial charge in [0.15, 0.2) is 5.78 Å². The second-order valence-electron chi connectivity index (χ2n) is 15.5. The highest BCUT2D eigenvalue weighted by Gasteiger charge is 2.79. The van der Waals surface area contributed by atoms with E-state index in [1.165, 1.54) is 6.42 Å². The van der Waals surface area contributed by atoms with Crippen molar-refractivity contribution in [2.24, 2.45) is 45.3 Å². The number of fused-ring (bicyclic) bond motifs is 3. The van der Waals surface area contributed by atoms with Gasteiger partial charge in [0.1, 0.15) is 18.0 Å². The van der Waals surface area contributed by atoms with Crippen LogP contribution in [-0.2, 0) is 19.2 Å². The van der Waals surface area contributed by atoms with E-state index >= 15 is 0 Å². The van der Waals surface area contributed by atoms with Gasteiger partial charge in [0.05, 0.1) is 7.11 Å². The first kappa shape index (κ1) is 29.7. The fraction of sp³-hybridized carbons (Fsp3) is 0.906. The molecule has 38 heavy (non-hydrogen) atoms. The van der Waals surface area contributed by atoms with Crippen LogP contribution in [0.15, 0.2) is 0 Å². The summed E-state index contributed by atoms with van der Waals surface area (Å²) < 4.78 is 6.08. The third kappa shape index (κ3) is 4.22. The monoisotopic (exact) mass is 528 g/mol. The number of carbonyl (C=O) groups is 2. The molecule has 9 atom stereocenters. The summed E-state index contributed by atoms with van der Waals surface area (Å²) in [7, 11) is 1.73. The van der Waals surface area contributed by atoms with Crippen molar-refractivity contribution in [1.29, 1.82) is 5.26 Å². The van der Waals surface area contributed by atoms with Crippen molar-refractivity contribution in [2.45, 2.75) is 131 Å². The number of rotatable bonds is 8. The SMILES string of the molecule is CON[C@]1(CCC(C)(C)[C@]2(C)CC[C@H]3[C@H](C)C(=O)[C@]4(C#N)O[C@@H]4[C@]3(C)[C@H]2CC(C)=O)CCC(C)(C)CC1C. The van der Waals surface area contributed by atoms with E-state index in [1.54, 1.807) is 14.0 Å². The molecule has 0 amide bonds. The van der Waals surface area contributed by atoms with Gasteiger partial charge in [-0.15, -0.1) is 0 Å². The normalized spacial score (nSPS) is 46.0. The predicted octanol–water partition coefficient (Wildman–Crippen LogP) is 6.43. The molecule has 214 valence electrons. The Morgan fingerprint density at radius 3 is 2.39 bits per heavy atom. The zero-order valence-corrected chi connectivity index (χ0v) is 25.6. The summed E-state index contributed by atoms with van der Waals surface area (Å²) in [4.78, 5) is 31.6. The lowest BCUT2D eigenvalue weighted by Gasteiger charge is -2.63. The minimum absolute atomic E-state index is 0.0334. The fourth-order valence-corrected chi connectivity index (χ4v) is 9.69. The maximum atomic E-state index is 13.2. The number of hydrogen-bond acceptors (Lipinski definition) is 6. The first-order valence-electron chi connectivity index (χ1n) is 14.9. The number of hydrogen-bond donors (Lipinski definition) is 1. The molecule has 1 N–H and O–H groups in total. The summed E-state index contributed by atoms with van der Waals surface area (Å²) in [5, 5.41) is 10.0. The van der Waals surface area contributed by atoms with Gasteiger partial charge in [-0.3, -0.25) is 4.79 Å². The lowest BCUT2D eigenvalue weighted by molar-refractivity contribution is -0.164. The molecule has 4 fully saturated rings. The number of ether oxygens (including phenoxy) is 1. The number of hydroxylamine groups is 1. The molecule has 6 nitrogen and oxygen atoms in total. The average molecular weight is 529 g/mol. The summed E-state index contributed by atoms with van der Waals surface area (Å²) in [5.74, 6) is 0.523. The van der Waals surface area contributed by atoms with Crippen LogP contribution in [0.25, 0.3) is 0 Å². The van der Waals surface area contributed by atoms with Crippen molar-refractivity contribution >= 4 is 11.6 Å². The third-order valence-corrected chi connectivity index (χ3v) is 12.6. The fourth-order valence-electron chi connectivity index (χ4n) is 9.69. The lowest BCUT2D eigenvalue weighted by atomic mass is 9.39. The van der Waals surface area contributed by atoms with Crippen LogP contribution in [0, 0.1) is 56.7 Å². The minimum Gasteiger partial charge on any atom is -0.343 e. The van der Waals surface area contributed by atoms with E-state index in [0.29, 0.717) is 17.8 Å². The standard InChI is InChI=1S/C32H52N2O4/c1-20-18-27(4,5)13-15-31(20,34-37-10)16-14-28(6,7)29(8)12-11-23-22(3)25(36)32(19-33)26(38-32)30(23,9)24(29)17-21(2)35/h20,22-24,26,34H,11-18H2,1-10H3/t20?,22-,23-,24-,26+,29+,30-,31-,32-/m0/s1. The Hall–Kier alpha value is -1.29. The Bertz CT molecular complexity index is 1020. The zero-order valence-electron chi connectivity index (χ0n) is 25.6. The van der Waals surface area contributed by atoms with Gasteiger partial charge in [-0.05, 0) is 85.9 Å². The average Bonchev–Trinajstić information content (AvgIpc) is 3.58. The highest BCUT2D eigenvalue weighted by molar-refractivity contribution is 5.97. The van der Waals surface area contributed by atoms with Gasteiger partial charge in [-0.2, -0.15) is 10.7 Å². The van der Waals surface area contributed by atoms with Crippen molar-refractivity contribution in [3.8, 4) is 6.07 Å². The second kappa shape index (κ2) is 9.38. The molecule has 1 heterocycles. The number of nitrogens with one attached hydrogen (secondary N) is 1. The van der Waals surface area contributed by atoms with Crippen molar-refractivity contribution < 1.29 is 19.2 Å². The van der Waals surface area contributed by atoms with E-state index in [-0.39, 0.29) is 45.7 Å². The van der Waals surface area contributed by atoms with E-state index in [4.69, 9.17) is 9.57 Å². The first-order chi connectivity index (χ1) is 17.5. The van der Waals surface area contributed by atoms with Crippen molar-refractivity contribution in [2.75, 3.05) is 7.11 Å². The van der Waals surface area contributed by atoms with E-state index in [0.717, 1.165) is 38.5 Å². The molecule has 0 aromatic carbocycles. The topological polar surface area (TPSA) is 91.7 Å². The van der Waals surface area contributed by atoms with Crippen LogP contribution in [0.4, 0.5) is 0 Å². The Kier molecular flexibility index (Phi) is 7.33. The van der Waals surface area contributed by atoms with Gasteiger partial charge >= 0.3 is 0 Å². The van der Waals surface area contributed by atoms with Gasteiger partial charge in [0.2, 0.25) is 5.60 Å². The molecule has 3 saturated carbocycles. The second-order valence-corrected chi connectivity index (χ2v) is 15.5. The Balaban J connectivity index is 1.67. The third-order valence-electron chi connectivity index (χ3n) is 12.6. The summed E-state index contributed by atoms with van der Waals surface area (Å²) in [6.07, 6.45) is 7.35. The van der Waals surface area contributed by atoms with E-state index in [9.17, 15) is 14.9 Å². The van der Waals surface area contributed by atoms with Crippen LogP contribution in [0.5, 0.6) is 0 Å². The highest BCUT2D eigenvalue weighted by atomic mass is 16.6. The van der Waals surface area contributed by atoms with E-state index in [2.05, 4.69) is 60.0 Å². The van der Waals surface area contributed by atoms with Crippen molar-refractivity contribution in [1.82, 2.24) is 5.48 Å². The van der Waals surface area contributed by atoms with Crippen LogP contribution in [0.1, 0.15) is 114 Å². The molecule has 4 rings (SSSR count). The minimum atomic E-state index is -1.32. The molecule has 3 aliphatic carbocycles. The maximum absolute atomic E-state index is 13.2. The van der Waals surface area contributed by atoms with Gasteiger partial charge < -0.3 is 14.4 Å². The summed E-state index contributed by atoms with van der Waals surface area (Å²) in [6.45, 7) is 20.1. The van der Waals surface area contributed by atoms with Crippen molar-refractivity contribution in [3.63, 3.8) is 0 Å². The molecular formula is C32H52N2O4. The van der Waals surface area contributed by atoms with Crippen LogP contribution in [0.3, 0.4) is 0 Å². The summed E-state index contributed by atoms with van der Waals surface area (Å²) in [6, 6.07) is 2.25. The van der Waals surface area contributed by atoms with Gasteiger partial charge in [0.25, 0.3) is 0 Å². The Morgan fingerprint density at radius 1 is 1.18 bits per heavy atom. The molecular weight excluding hydrogens is 476 g/mol. The predicted molar refractivity (Wildman–Crippen MR) is 148 cm³/mol. The number of carbonyl (C=O) groups excluding carboxylic acids is 2. The highest BCUT2D eigenvalue weighted by Crippen LogP contribution is 2.72. The molecule has 1 saturated heterocycles. The van der Waals surface area contributed by atoms with Crippen LogP contribution >= 0.6 is 0 Å². The molecule has 1 aliphatic heterocycles. The Morgan fingerprint density at radius 2 is 1.84 bits per heavy atom. The lowest BCUT2D eigenvalue weighted by Crippen LogP contribution is -2.63. The number of ketones is 2. The molecule has 0 spiro atoms. The maximum Gasteiger partial charge on any atom is 0.240 e. The molecule has 6 heteroatoms. The van der Waals surface area contributed by atoms with Gasteiger partial charge in [0, 0.05) is 23.3 Å². The molecule has 0 aromatic heterocycles. The summed E-state index contributed by atoms with van der Waals surface area (Å²) >= 11 is 0. The Labute approximate surface area is 230 Å². The molecule has 0 aromatic rings. The number of epoxide rings is 1. The number of Topliss-reactive ketones (excluding diaryl/α,β-unsaturated/α-hetero) is 2. The van der Waals surface area contributed by atoms with E-state index in [1.807, 2.05) is 6.92 Å². The van der Waals surface area contributed by atoms with Gasteiger partial charge in [-0.25, -0.2) is 0 Å². The zero-order chi connectivity index (χ0) is 28.5. The first-order valence-corrected chi connectivity index (χ1v) is 14.9. The molecule has 0 radical (unpaired) electrons. The van der Waals surface area contributed by atoms with E-state index < -0.39 is 17.1 Å². The van der Waals surface area contributed by atoms with Gasteiger partial charge in [-0.1, -0.05) is 55.4 Å². The quantitative estimate of drug-likeness (QED) is 0.288. The molecule has 4 aliphatic rings. The summed E-state index contributed by atoms with van der Waals surface area (Å²) in [5.41, 5.74) is 1.78.